The molecule has 2 aromatic rings. The lowest BCUT2D eigenvalue weighted by Crippen LogP contribution is -2.53. The Kier molecular flexibility index (Phi) is 6.34. The van der Waals surface area contributed by atoms with Crippen LogP contribution < -0.4 is 5.32 Å². The third-order valence-corrected chi connectivity index (χ3v) is 6.34. The number of carbonyl (C=O) groups excluding carboxylic acids is 1. The predicted molar refractivity (Wildman–Crippen MR) is 111 cm³/mol. The number of aliphatic imine (C=N–C) groups is 1. The SMILES string of the molecule is CC(=O)NCC1(C(C)C)N=CN(Cc2ccccn2)C1Sc1cccc(F)c1. The van der Waals surface area contributed by atoms with Crippen molar-refractivity contribution in [1.82, 2.24) is 15.2 Å². The van der Waals surface area contributed by atoms with E-state index in [0.717, 1.165) is 10.6 Å². The van der Waals surface area contributed by atoms with Crippen molar-refractivity contribution in [3.8, 4) is 0 Å². The van der Waals surface area contributed by atoms with E-state index in [4.69, 9.17) is 4.99 Å². The number of hydrogen-bond donors (Lipinski definition) is 1. The fourth-order valence-electron chi connectivity index (χ4n) is 3.27. The van der Waals surface area contributed by atoms with Gasteiger partial charge in [-0.3, -0.25) is 14.8 Å². The summed E-state index contributed by atoms with van der Waals surface area (Å²) >= 11 is 1.56. The third kappa shape index (κ3) is 4.52. The van der Waals surface area contributed by atoms with Gasteiger partial charge in [0.15, 0.2) is 0 Å². The summed E-state index contributed by atoms with van der Waals surface area (Å²) < 4.78 is 13.8. The standard InChI is InChI=1S/C21H25FN4OS/c1-15(2)21(13-24-16(3)27)20(28-19-9-6-7-17(22)11-19)26(14-25-21)12-18-8-4-5-10-23-18/h4-11,14-15,20H,12-13H2,1-3H3,(H,24,27). The smallest absolute Gasteiger partial charge is 0.216 e. The summed E-state index contributed by atoms with van der Waals surface area (Å²) in [7, 11) is 0. The van der Waals surface area contributed by atoms with Crippen LogP contribution in [0.2, 0.25) is 0 Å². The number of pyridine rings is 1. The predicted octanol–water partition coefficient (Wildman–Crippen LogP) is 3.71. The first-order chi connectivity index (χ1) is 13.4. The Hall–Kier alpha value is -2.41. The second-order valence-corrected chi connectivity index (χ2v) is 8.37. The van der Waals surface area contributed by atoms with Crippen LogP contribution >= 0.6 is 11.8 Å². The van der Waals surface area contributed by atoms with Gasteiger partial charge < -0.3 is 10.2 Å². The molecule has 1 aromatic carbocycles. The summed E-state index contributed by atoms with van der Waals surface area (Å²) in [6.45, 7) is 6.71. The highest BCUT2D eigenvalue weighted by atomic mass is 32.2. The maximum Gasteiger partial charge on any atom is 0.216 e. The van der Waals surface area contributed by atoms with Crippen LogP contribution in [0, 0.1) is 11.7 Å². The van der Waals surface area contributed by atoms with Gasteiger partial charge in [0.25, 0.3) is 0 Å². The van der Waals surface area contributed by atoms with Crippen LogP contribution in [0.15, 0.2) is 58.5 Å². The lowest BCUT2D eigenvalue weighted by molar-refractivity contribution is -0.119. The minimum Gasteiger partial charge on any atom is -0.354 e. The monoisotopic (exact) mass is 400 g/mol. The Labute approximate surface area is 169 Å². The summed E-state index contributed by atoms with van der Waals surface area (Å²) in [5, 5.41) is 2.83. The summed E-state index contributed by atoms with van der Waals surface area (Å²) in [5.74, 6) is -0.194. The lowest BCUT2D eigenvalue weighted by Gasteiger charge is -2.39. The van der Waals surface area contributed by atoms with E-state index in [1.807, 2.05) is 30.6 Å². The number of rotatable bonds is 7. The molecule has 0 fully saturated rings. The first-order valence-corrected chi connectivity index (χ1v) is 10.2. The zero-order valence-electron chi connectivity index (χ0n) is 16.3. The number of nitrogens with zero attached hydrogens (tertiary/aromatic N) is 3. The molecule has 0 aliphatic carbocycles. The van der Waals surface area contributed by atoms with Crippen molar-refractivity contribution in [3.63, 3.8) is 0 Å². The molecule has 28 heavy (non-hydrogen) atoms. The van der Waals surface area contributed by atoms with Gasteiger partial charge in [-0.25, -0.2) is 4.39 Å². The first kappa shape index (κ1) is 20.3. The number of hydrogen-bond acceptors (Lipinski definition) is 5. The fourth-order valence-corrected chi connectivity index (χ4v) is 4.75. The van der Waals surface area contributed by atoms with Crippen LogP contribution in [-0.4, -0.2) is 39.6 Å². The maximum atomic E-state index is 13.8. The molecule has 148 valence electrons. The van der Waals surface area contributed by atoms with Gasteiger partial charge >= 0.3 is 0 Å². The van der Waals surface area contributed by atoms with Crippen LogP contribution in [0.4, 0.5) is 4.39 Å². The summed E-state index contributed by atoms with van der Waals surface area (Å²) in [4.78, 5) is 23.8. The normalized spacial score (nSPS) is 21.3. The van der Waals surface area contributed by atoms with Gasteiger partial charge in [0.05, 0.1) is 18.6 Å². The van der Waals surface area contributed by atoms with E-state index in [0.29, 0.717) is 13.1 Å². The minimum atomic E-state index is -0.530. The molecule has 1 aliphatic heterocycles. The van der Waals surface area contributed by atoms with Gasteiger partial charge in [-0.1, -0.05) is 37.7 Å². The van der Waals surface area contributed by atoms with Crippen molar-refractivity contribution in [2.24, 2.45) is 10.9 Å². The van der Waals surface area contributed by atoms with Crippen LogP contribution in [0.1, 0.15) is 26.5 Å². The number of amides is 1. The minimum absolute atomic E-state index is 0.0899. The molecule has 1 N–H and O–H groups in total. The number of halogens is 1. The Morgan fingerprint density at radius 1 is 1.32 bits per heavy atom. The Morgan fingerprint density at radius 3 is 2.79 bits per heavy atom. The van der Waals surface area contributed by atoms with Gasteiger partial charge in [0, 0.05) is 24.6 Å². The van der Waals surface area contributed by atoms with E-state index in [-0.39, 0.29) is 23.0 Å². The second-order valence-electron chi connectivity index (χ2n) is 7.22. The Morgan fingerprint density at radius 2 is 2.14 bits per heavy atom. The maximum absolute atomic E-state index is 13.8. The van der Waals surface area contributed by atoms with Crippen molar-refractivity contribution in [2.45, 2.75) is 43.1 Å². The van der Waals surface area contributed by atoms with Gasteiger partial charge in [-0.2, -0.15) is 0 Å². The zero-order valence-corrected chi connectivity index (χ0v) is 17.1. The molecular formula is C21H25FN4OS. The van der Waals surface area contributed by atoms with E-state index >= 15 is 0 Å². The quantitative estimate of drug-likeness (QED) is 0.770. The van der Waals surface area contributed by atoms with Gasteiger partial charge in [0.1, 0.15) is 16.7 Å². The van der Waals surface area contributed by atoms with Gasteiger partial charge in [0.2, 0.25) is 5.91 Å². The van der Waals surface area contributed by atoms with E-state index in [1.54, 1.807) is 24.0 Å². The highest BCUT2D eigenvalue weighted by molar-refractivity contribution is 8.00. The zero-order chi connectivity index (χ0) is 20.1. The fraction of sp³-hybridized carbons (Fsp3) is 0.381. The molecule has 0 spiro atoms. The summed E-state index contributed by atoms with van der Waals surface area (Å²) in [5.41, 5.74) is 0.398. The highest BCUT2D eigenvalue weighted by Gasteiger charge is 2.48. The van der Waals surface area contributed by atoms with Crippen molar-refractivity contribution in [3.05, 3.63) is 60.2 Å². The van der Waals surface area contributed by atoms with E-state index in [9.17, 15) is 9.18 Å². The average molecular weight is 401 g/mol. The lowest BCUT2D eigenvalue weighted by atomic mass is 9.86. The van der Waals surface area contributed by atoms with Crippen LogP contribution in [0.5, 0.6) is 0 Å². The largest absolute Gasteiger partial charge is 0.354 e. The van der Waals surface area contributed by atoms with Gasteiger partial charge in [-0.05, 0) is 36.2 Å². The van der Waals surface area contributed by atoms with Crippen LogP contribution in [-0.2, 0) is 11.3 Å². The third-order valence-electron chi connectivity index (χ3n) is 4.91. The number of aromatic nitrogens is 1. The molecule has 1 amide bonds. The summed E-state index contributed by atoms with van der Waals surface area (Å²) in [6, 6.07) is 12.4. The molecule has 5 nitrogen and oxygen atoms in total. The molecule has 0 bridgehead atoms. The molecule has 1 aromatic heterocycles. The molecule has 3 rings (SSSR count). The van der Waals surface area contributed by atoms with Crippen molar-refractivity contribution in [1.29, 1.82) is 0 Å². The molecule has 2 unspecified atom stereocenters. The Bertz CT molecular complexity index is 845. The van der Waals surface area contributed by atoms with Crippen LogP contribution in [0.3, 0.4) is 0 Å². The van der Waals surface area contributed by atoms with Crippen molar-refractivity contribution in [2.75, 3.05) is 6.54 Å². The molecule has 2 atom stereocenters. The molecular weight excluding hydrogens is 375 g/mol. The summed E-state index contributed by atoms with van der Waals surface area (Å²) in [6.07, 6.45) is 3.61. The number of carbonyl (C=O) groups is 1. The molecule has 1 aliphatic rings. The topological polar surface area (TPSA) is 57.6 Å². The van der Waals surface area contributed by atoms with Crippen molar-refractivity contribution >= 4 is 24.0 Å². The average Bonchev–Trinajstić information content (AvgIpc) is 2.99. The Balaban J connectivity index is 1.93. The van der Waals surface area contributed by atoms with Gasteiger partial charge in [-0.15, -0.1) is 0 Å². The first-order valence-electron chi connectivity index (χ1n) is 9.28. The molecule has 7 heteroatoms. The van der Waals surface area contributed by atoms with E-state index in [2.05, 4.69) is 29.0 Å². The number of nitrogens with one attached hydrogen (secondary N) is 1. The van der Waals surface area contributed by atoms with E-state index in [1.165, 1.54) is 19.1 Å². The molecule has 2 heterocycles. The highest BCUT2D eigenvalue weighted by Crippen LogP contribution is 2.42. The number of thioether (sulfide) groups is 1. The van der Waals surface area contributed by atoms with Crippen LogP contribution in [0.25, 0.3) is 0 Å². The van der Waals surface area contributed by atoms with E-state index < -0.39 is 5.54 Å². The number of benzene rings is 1. The molecule has 0 saturated carbocycles. The molecule has 0 radical (unpaired) electrons. The second kappa shape index (κ2) is 8.73. The van der Waals surface area contributed by atoms with Crippen molar-refractivity contribution < 1.29 is 9.18 Å². The molecule has 0 saturated heterocycles.